The molecule has 2 heterocycles. The van der Waals surface area contributed by atoms with E-state index in [4.69, 9.17) is 4.74 Å². The van der Waals surface area contributed by atoms with Crippen molar-refractivity contribution in [2.24, 2.45) is 0 Å². The van der Waals surface area contributed by atoms with Crippen molar-refractivity contribution in [3.63, 3.8) is 0 Å². The highest BCUT2D eigenvalue weighted by molar-refractivity contribution is 5.95. The SMILES string of the molecule is Cc1ncccc1C(=O)NCCN1CCOC(C)(C)C1. The average molecular weight is 277 g/mol. The number of hydrogen-bond donors (Lipinski definition) is 1. The third-order valence-electron chi connectivity index (χ3n) is 3.47. The van der Waals surface area contributed by atoms with Gasteiger partial charge in [0.2, 0.25) is 0 Å². The van der Waals surface area contributed by atoms with Gasteiger partial charge in [-0.2, -0.15) is 0 Å². The lowest BCUT2D eigenvalue weighted by molar-refractivity contribution is -0.0853. The van der Waals surface area contributed by atoms with Crippen molar-refractivity contribution < 1.29 is 9.53 Å². The fourth-order valence-corrected chi connectivity index (χ4v) is 2.45. The van der Waals surface area contributed by atoms with Gasteiger partial charge in [-0.1, -0.05) is 0 Å². The van der Waals surface area contributed by atoms with Gasteiger partial charge in [-0.15, -0.1) is 0 Å². The predicted octanol–water partition coefficient (Wildman–Crippen LogP) is 1.23. The summed E-state index contributed by atoms with van der Waals surface area (Å²) in [4.78, 5) is 18.5. The van der Waals surface area contributed by atoms with Crippen molar-refractivity contribution >= 4 is 5.91 Å². The normalized spacial score (nSPS) is 18.8. The second-order valence-corrected chi connectivity index (χ2v) is 5.78. The van der Waals surface area contributed by atoms with Crippen LogP contribution in [-0.4, -0.2) is 54.2 Å². The Bertz CT molecular complexity index is 474. The first-order chi connectivity index (χ1) is 9.48. The molecule has 2 rings (SSSR count). The fourth-order valence-electron chi connectivity index (χ4n) is 2.45. The number of aromatic nitrogens is 1. The molecule has 0 aliphatic carbocycles. The van der Waals surface area contributed by atoms with E-state index >= 15 is 0 Å². The number of carbonyl (C=O) groups is 1. The topological polar surface area (TPSA) is 54.5 Å². The molecule has 1 aliphatic rings. The minimum Gasteiger partial charge on any atom is -0.373 e. The molecule has 5 nitrogen and oxygen atoms in total. The van der Waals surface area contributed by atoms with Crippen molar-refractivity contribution in [1.29, 1.82) is 0 Å². The van der Waals surface area contributed by atoms with Gasteiger partial charge < -0.3 is 10.1 Å². The summed E-state index contributed by atoms with van der Waals surface area (Å²) in [5, 5.41) is 2.95. The number of ether oxygens (including phenoxy) is 1. The Hall–Kier alpha value is -1.46. The molecule has 1 N–H and O–H groups in total. The maximum Gasteiger partial charge on any atom is 0.253 e. The summed E-state index contributed by atoms with van der Waals surface area (Å²) < 4.78 is 5.67. The molecular formula is C15H23N3O2. The summed E-state index contributed by atoms with van der Waals surface area (Å²) in [5.41, 5.74) is 1.31. The van der Waals surface area contributed by atoms with Crippen LogP contribution in [0.5, 0.6) is 0 Å². The number of nitrogens with one attached hydrogen (secondary N) is 1. The van der Waals surface area contributed by atoms with E-state index in [0.717, 1.165) is 31.9 Å². The zero-order chi connectivity index (χ0) is 14.6. The van der Waals surface area contributed by atoms with Crippen LogP contribution in [0.3, 0.4) is 0 Å². The fraction of sp³-hybridized carbons (Fsp3) is 0.600. The van der Waals surface area contributed by atoms with E-state index in [1.807, 2.05) is 6.92 Å². The standard InChI is InChI=1S/C15H23N3O2/c1-12-13(5-4-6-16-12)14(19)17-7-8-18-9-10-20-15(2,3)11-18/h4-6H,7-11H2,1-3H3,(H,17,19). The maximum atomic E-state index is 12.0. The molecule has 20 heavy (non-hydrogen) atoms. The highest BCUT2D eigenvalue weighted by atomic mass is 16.5. The lowest BCUT2D eigenvalue weighted by Crippen LogP contribution is -2.50. The molecule has 0 unspecified atom stereocenters. The van der Waals surface area contributed by atoms with Crippen LogP contribution < -0.4 is 5.32 Å². The first kappa shape index (κ1) is 14.9. The van der Waals surface area contributed by atoms with Crippen LogP contribution in [-0.2, 0) is 4.74 Å². The number of morpholine rings is 1. The van der Waals surface area contributed by atoms with Gasteiger partial charge >= 0.3 is 0 Å². The molecule has 0 bridgehead atoms. The van der Waals surface area contributed by atoms with E-state index in [-0.39, 0.29) is 11.5 Å². The van der Waals surface area contributed by atoms with E-state index in [2.05, 4.69) is 29.0 Å². The monoisotopic (exact) mass is 277 g/mol. The molecule has 1 aromatic heterocycles. The number of rotatable bonds is 4. The largest absolute Gasteiger partial charge is 0.373 e. The Kier molecular flexibility index (Phi) is 4.73. The van der Waals surface area contributed by atoms with Crippen molar-refractivity contribution in [2.75, 3.05) is 32.8 Å². The zero-order valence-corrected chi connectivity index (χ0v) is 12.5. The Labute approximate surface area is 120 Å². The molecule has 1 amide bonds. The van der Waals surface area contributed by atoms with Gasteiger partial charge in [0.25, 0.3) is 5.91 Å². The lowest BCUT2D eigenvalue weighted by Gasteiger charge is -2.38. The minimum atomic E-state index is -0.0950. The molecule has 1 saturated heterocycles. The molecule has 1 aromatic rings. The third-order valence-corrected chi connectivity index (χ3v) is 3.47. The second kappa shape index (κ2) is 6.33. The van der Waals surface area contributed by atoms with Gasteiger partial charge in [-0.25, -0.2) is 0 Å². The van der Waals surface area contributed by atoms with E-state index < -0.39 is 0 Å². The molecule has 0 saturated carbocycles. The molecule has 0 spiro atoms. The maximum absolute atomic E-state index is 12.0. The third kappa shape index (κ3) is 4.02. The number of hydrogen-bond acceptors (Lipinski definition) is 4. The van der Waals surface area contributed by atoms with Crippen LogP contribution in [0.15, 0.2) is 18.3 Å². The number of aryl methyl sites for hydroxylation is 1. The Balaban J connectivity index is 1.79. The molecule has 0 atom stereocenters. The first-order valence-corrected chi connectivity index (χ1v) is 7.04. The van der Waals surface area contributed by atoms with E-state index in [1.54, 1.807) is 18.3 Å². The van der Waals surface area contributed by atoms with Crippen LogP contribution >= 0.6 is 0 Å². The van der Waals surface area contributed by atoms with Gasteiger partial charge in [0.1, 0.15) is 0 Å². The summed E-state index contributed by atoms with van der Waals surface area (Å²) >= 11 is 0. The van der Waals surface area contributed by atoms with Crippen molar-refractivity contribution in [3.05, 3.63) is 29.6 Å². The van der Waals surface area contributed by atoms with Crippen LogP contribution in [0.1, 0.15) is 29.9 Å². The Morgan fingerprint density at radius 1 is 1.55 bits per heavy atom. The molecule has 0 radical (unpaired) electrons. The molecule has 5 heteroatoms. The van der Waals surface area contributed by atoms with Gasteiger partial charge in [0.05, 0.1) is 17.8 Å². The predicted molar refractivity (Wildman–Crippen MR) is 77.8 cm³/mol. The van der Waals surface area contributed by atoms with E-state index in [1.165, 1.54) is 0 Å². The van der Waals surface area contributed by atoms with Crippen LogP contribution in [0.2, 0.25) is 0 Å². The van der Waals surface area contributed by atoms with Gasteiger partial charge in [-0.3, -0.25) is 14.7 Å². The summed E-state index contributed by atoms with van der Waals surface area (Å²) in [5.74, 6) is -0.0527. The highest BCUT2D eigenvalue weighted by Gasteiger charge is 2.26. The van der Waals surface area contributed by atoms with Crippen LogP contribution in [0.25, 0.3) is 0 Å². The molecule has 0 aromatic carbocycles. The van der Waals surface area contributed by atoms with Gasteiger partial charge in [0.15, 0.2) is 0 Å². The minimum absolute atomic E-state index is 0.0527. The summed E-state index contributed by atoms with van der Waals surface area (Å²) in [6, 6.07) is 3.59. The number of amides is 1. The van der Waals surface area contributed by atoms with Gasteiger partial charge in [0, 0.05) is 38.1 Å². The number of carbonyl (C=O) groups excluding carboxylic acids is 1. The van der Waals surface area contributed by atoms with Crippen LogP contribution in [0.4, 0.5) is 0 Å². The van der Waals surface area contributed by atoms with Crippen molar-refractivity contribution in [3.8, 4) is 0 Å². The van der Waals surface area contributed by atoms with Gasteiger partial charge in [-0.05, 0) is 32.9 Å². The van der Waals surface area contributed by atoms with E-state index in [0.29, 0.717) is 12.1 Å². The smallest absolute Gasteiger partial charge is 0.253 e. The zero-order valence-electron chi connectivity index (χ0n) is 12.5. The number of pyridine rings is 1. The summed E-state index contributed by atoms with van der Waals surface area (Å²) in [6.45, 7) is 10.1. The molecule has 1 aliphatic heterocycles. The quantitative estimate of drug-likeness (QED) is 0.899. The number of nitrogens with zero attached hydrogens (tertiary/aromatic N) is 2. The van der Waals surface area contributed by atoms with Crippen LogP contribution in [0, 0.1) is 6.92 Å². The molecular weight excluding hydrogens is 254 g/mol. The average Bonchev–Trinajstić information content (AvgIpc) is 2.38. The Morgan fingerprint density at radius 3 is 3.05 bits per heavy atom. The summed E-state index contributed by atoms with van der Waals surface area (Å²) in [6.07, 6.45) is 1.70. The Morgan fingerprint density at radius 2 is 2.35 bits per heavy atom. The second-order valence-electron chi connectivity index (χ2n) is 5.78. The lowest BCUT2D eigenvalue weighted by atomic mass is 10.1. The van der Waals surface area contributed by atoms with Crippen molar-refractivity contribution in [1.82, 2.24) is 15.2 Å². The van der Waals surface area contributed by atoms with Crippen molar-refractivity contribution in [2.45, 2.75) is 26.4 Å². The molecule has 110 valence electrons. The summed E-state index contributed by atoms with van der Waals surface area (Å²) in [7, 11) is 0. The highest BCUT2D eigenvalue weighted by Crippen LogP contribution is 2.15. The van der Waals surface area contributed by atoms with E-state index in [9.17, 15) is 4.79 Å². The first-order valence-electron chi connectivity index (χ1n) is 7.04. The molecule has 1 fully saturated rings.